The summed E-state index contributed by atoms with van der Waals surface area (Å²) < 4.78 is 66.6. The lowest BCUT2D eigenvalue weighted by molar-refractivity contribution is 0.778. The average Bonchev–Trinajstić information content (AvgIpc) is 3.83. The van der Waals surface area contributed by atoms with Crippen molar-refractivity contribution >= 4 is 59.3 Å². The largest absolute Gasteiger partial charge is 0.310 e. The number of nitrogens with zero attached hydrogens (tertiary/aromatic N) is 1. The van der Waals surface area contributed by atoms with Crippen LogP contribution in [0.25, 0.3) is 53.2 Å². The van der Waals surface area contributed by atoms with E-state index in [0.717, 1.165) is 76.2 Å². The van der Waals surface area contributed by atoms with Crippen LogP contribution in [0.1, 0.15) is 31.8 Å². The van der Waals surface area contributed by atoms with E-state index < -0.39 is 35.6 Å². The third-order valence-electron chi connectivity index (χ3n) is 11.0. The summed E-state index contributed by atoms with van der Waals surface area (Å²) in [6, 6.07) is 55.3. The first-order valence-electron chi connectivity index (χ1n) is 21.9. The van der Waals surface area contributed by atoms with Crippen LogP contribution in [0.5, 0.6) is 0 Å². The van der Waals surface area contributed by atoms with Crippen molar-refractivity contribution in [2.45, 2.75) is 5.41 Å². The second-order valence-electron chi connectivity index (χ2n) is 13.9. The van der Waals surface area contributed by atoms with E-state index in [1.54, 1.807) is 11.3 Å². The van der Waals surface area contributed by atoms with Gasteiger partial charge in [0.2, 0.25) is 0 Å². The molecule has 1 aliphatic rings. The molecule has 1 aromatic heterocycles. The topological polar surface area (TPSA) is 3.24 Å². The maximum Gasteiger partial charge on any atom is 0.0719 e. The zero-order chi connectivity index (χ0) is 42.4. The van der Waals surface area contributed by atoms with E-state index in [4.69, 9.17) is 5.48 Å². The van der Waals surface area contributed by atoms with Crippen LogP contribution >= 0.6 is 11.3 Å². The number of benzene rings is 9. The molecule has 1 aliphatic carbocycles. The van der Waals surface area contributed by atoms with E-state index in [1.807, 2.05) is 72.8 Å². The SMILES string of the molecule is [2H]c1c([2H])c([2H])c2c(C3(c4ccc5sc6ccccc6c5c4)c4ccccc4-c4cc(N(c5ccccc5)c5ccccc5-c5ccccc5)ccc43)c([2H])c([2H])c([2H])c2c1[2H]. The monoisotopic (exact) mass is 724 g/mol. The maximum absolute atomic E-state index is 9.87. The normalized spacial score (nSPS) is 16.4. The van der Waals surface area contributed by atoms with Gasteiger partial charge in [0.25, 0.3) is 0 Å². The fraction of sp³-hybridized carbons (Fsp3) is 0.0189. The third-order valence-corrected chi connectivity index (χ3v) is 12.2. The van der Waals surface area contributed by atoms with Gasteiger partial charge in [-0.05, 0) is 98.2 Å². The van der Waals surface area contributed by atoms with Crippen molar-refractivity contribution in [3.05, 3.63) is 234 Å². The molecular formula is C53H35NS. The van der Waals surface area contributed by atoms with E-state index >= 15 is 0 Å². The summed E-state index contributed by atoms with van der Waals surface area (Å²) in [6.07, 6.45) is 0. The Hall–Kier alpha value is -6.74. The van der Waals surface area contributed by atoms with Gasteiger partial charge in [-0.1, -0.05) is 164 Å². The molecule has 0 fully saturated rings. The van der Waals surface area contributed by atoms with Crippen LogP contribution in [-0.2, 0) is 5.41 Å². The average molecular weight is 725 g/mol. The molecule has 1 nitrogen and oxygen atoms in total. The first-order valence-corrected chi connectivity index (χ1v) is 19.2. The fourth-order valence-electron chi connectivity index (χ4n) is 8.72. The van der Waals surface area contributed by atoms with Crippen molar-refractivity contribution in [3.63, 3.8) is 0 Å². The second kappa shape index (κ2) is 12.7. The molecule has 2 heteroatoms. The number of hydrogen-bond acceptors (Lipinski definition) is 2. The molecule has 0 saturated carbocycles. The first kappa shape index (κ1) is 25.3. The third kappa shape index (κ3) is 4.85. The van der Waals surface area contributed by atoms with Crippen molar-refractivity contribution in [2.75, 3.05) is 4.90 Å². The van der Waals surface area contributed by atoms with Crippen molar-refractivity contribution in [2.24, 2.45) is 0 Å². The Morgan fingerprint density at radius 3 is 2.02 bits per heavy atom. The first-order chi connectivity index (χ1) is 30.2. The summed E-state index contributed by atoms with van der Waals surface area (Å²) in [6.45, 7) is 0. The van der Waals surface area contributed by atoms with E-state index in [9.17, 15) is 4.11 Å². The Morgan fingerprint density at radius 2 is 1.13 bits per heavy atom. The van der Waals surface area contributed by atoms with Crippen LogP contribution in [0.2, 0.25) is 0 Å². The molecule has 0 N–H and O–H groups in total. The molecule has 11 rings (SSSR count). The van der Waals surface area contributed by atoms with Gasteiger partial charge in [-0.25, -0.2) is 0 Å². The molecule has 0 radical (unpaired) electrons. The molecule has 55 heavy (non-hydrogen) atoms. The van der Waals surface area contributed by atoms with E-state index in [1.165, 1.54) is 0 Å². The molecule has 1 unspecified atom stereocenters. The van der Waals surface area contributed by atoms with Crippen LogP contribution < -0.4 is 4.90 Å². The zero-order valence-electron chi connectivity index (χ0n) is 36.5. The van der Waals surface area contributed by atoms with E-state index in [2.05, 4.69) is 102 Å². The molecule has 0 amide bonds. The standard InChI is InChI=1S/C53H35NS/c1-3-16-37(17-4-1)42-23-10-13-28-50(42)54(39-20-5-2-6-21-39)40-31-32-49-45(35-40)43-24-9-12-26-48(43)53(49,47-27-15-19-36-18-7-8-22-41(36)47)38-30-33-52-46(34-38)44-25-11-14-29-51(44)55-52/h1-35H/i7D,8D,15D,18D,19D,22D,27D. The number of anilines is 3. The molecule has 0 spiro atoms. The fourth-order valence-corrected chi connectivity index (χ4v) is 9.81. The highest BCUT2D eigenvalue weighted by Crippen LogP contribution is 2.59. The van der Waals surface area contributed by atoms with E-state index in [-0.39, 0.29) is 28.4 Å². The number of thiophene rings is 1. The number of para-hydroxylation sites is 2. The quantitative estimate of drug-likeness (QED) is 0.165. The smallest absolute Gasteiger partial charge is 0.0719 e. The van der Waals surface area contributed by atoms with Crippen molar-refractivity contribution in [1.82, 2.24) is 0 Å². The minimum absolute atomic E-state index is 0.0660. The van der Waals surface area contributed by atoms with Gasteiger partial charge in [0, 0.05) is 37.1 Å². The van der Waals surface area contributed by atoms with Crippen molar-refractivity contribution in [3.8, 4) is 22.3 Å². The molecule has 0 bridgehead atoms. The molecule has 1 heterocycles. The number of hydrogen-bond donors (Lipinski definition) is 0. The minimum atomic E-state index is -1.35. The molecular weight excluding hydrogens is 683 g/mol. The Labute approximate surface area is 334 Å². The highest BCUT2D eigenvalue weighted by molar-refractivity contribution is 7.25. The summed E-state index contributed by atoms with van der Waals surface area (Å²) in [5, 5.41) is 2.12. The van der Waals surface area contributed by atoms with Gasteiger partial charge in [0.15, 0.2) is 0 Å². The van der Waals surface area contributed by atoms with E-state index in [0.29, 0.717) is 0 Å². The van der Waals surface area contributed by atoms with Crippen molar-refractivity contribution in [1.29, 1.82) is 0 Å². The van der Waals surface area contributed by atoms with Crippen LogP contribution in [0.4, 0.5) is 17.1 Å². The van der Waals surface area contributed by atoms with Crippen LogP contribution in [0.3, 0.4) is 0 Å². The molecule has 10 aromatic rings. The van der Waals surface area contributed by atoms with Crippen LogP contribution in [0.15, 0.2) is 212 Å². The Morgan fingerprint density at radius 1 is 0.436 bits per heavy atom. The predicted octanol–water partition coefficient (Wildman–Crippen LogP) is 14.7. The second-order valence-corrected chi connectivity index (χ2v) is 15.0. The Balaban J connectivity index is 1.28. The molecule has 1 atom stereocenters. The van der Waals surface area contributed by atoms with Gasteiger partial charge in [0.1, 0.15) is 0 Å². The van der Waals surface area contributed by atoms with Gasteiger partial charge in [-0.2, -0.15) is 0 Å². The minimum Gasteiger partial charge on any atom is -0.310 e. The lowest BCUT2D eigenvalue weighted by Gasteiger charge is -2.35. The van der Waals surface area contributed by atoms with Gasteiger partial charge < -0.3 is 4.90 Å². The lowest BCUT2D eigenvalue weighted by Crippen LogP contribution is -2.29. The highest BCUT2D eigenvalue weighted by atomic mass is 32.1. The summed E-state index contributed by atoms with van der Waals surface area (Å²) in [5.74, 6) is 0. The molecule has 258 valence electrons. The Bertz CT molecular complexity index is 3450. The molecule has 0 saturated heterocycles. The summed E-state index contributed by atoms with van der Waals surface area (Å²) in [5.41, 5.74) is 8.10. The molecule has 9 aromatic carbocycles. The number of fused-ring (bicyclic) bond motifs is 7. The van der Waals surface area contributed by atoms with Gasteiger partial charge in [-0.15, -0.1) is 11.3 Å². The molecule has 0 aliphatic heterocycles. The van der Waals surface area contributed by atoms with Gasteiger partial charge >= 0.3 is 0 Å². The number of rotatable bonds is 6. The summed E-state index contributed by atoms with van der Waals surface area (Å²) in [4.78, 5) is 2.26. The predicted molar refractivity (Wildman–Crippen MR) is 234 cm³/mol. The van der Waals surface area contributed by atoms with Gasteiger partial charge in [-0.3, -0.25) is 0 Å². The zero-order valence-corrected chi connectivity index (χ0v) is 30.3. The van der Waals surface area contributed by atoms with Crippen molar-refractivity contribution < 1.29 is 9.60 Å². The van der Waals surface area contributed by atoms with Crippen LogP contribution in [-0.4, -0.2) is 0 Å². The summed E-state index contributed by atoms with van der Waals surface area (Å²) >= 11 is 1.70. The lowest BCUT2D eigenvalue weighted by atomic mass is 9.66. The maximum atomic E-state index is 9.87. The van der Waals surface area contributed by atoms with Gasteiger partial charge in [0.05, 0.1) is 20.7 Å². The summed E-state index contributed by atoms with van der Waals surface area (Å²) in [7, 11) is 0. The van der Waals surface area contributed by atoms with Crippen LogP contribution in [0, 0.1) is 0 Å². The Kier molecular flexibility index (Phi) is 5.84. The highest BCUT2D eigenvalue weighted by Gasteiger charge is 2.47.